The highest BCUT2D eigenvalue weighted by Crippen LogP contribution is 2.41. The number of hydrogen-bond donors (Lipinski definition) is 1. The molecule has 1 N–H and O–H groups in total. The van der Waals surface area contributed by atoms with Crippen LogP contribution in [0.25, 0.3) is 5.57 Å². The van der Waals surface area contributed by atoms with Crippen LogP contribution in [0.15, 0.2) is 53.4 Å². The van der Waals surface area contributed by atoms with E-state index < -0.39 is 11.8 Å². The number of thioether (sulfide) groups is 1. The van der Waals surface area contributed by atoms with Crippen molar-refractivity contribution in [3.05, 3.63) is 59.0 Å². The molecule has 2 amide bonds. The van der Waals surface area contributed by atoms with E-state index in [1.807, 2.05) is 0 Å². The molecule has 0 spiro atoms. The van der Waals surface area contributed by atoms with Gasteiger partial charge in [0.25, 0.3) is 11.8 Å². The topological polar surface area (TPSA) is 76.1 Å². The Morgan fingerprint density at radius 3 is 2.48 bits per heavy atom. The Balaban J connectivity index is 2.11. The normalized spacial score (nSPS) is 14.1. The Kier molecular flexibility index (Phi) is 5.83. The van der Waals surface area contributed by atoms with E-state index in [1.165, 1.54) is 14.2 Å². The van der Waals surface area contributed by atoms with Crippen molar-refractivity contribution < 1.29 is 24.2 Å². The highest BCUT2D eigenvalue weighted by molar-refractivity contribution is 8.04. The summed E-state index contributed by atoms with van der Waals surface area (Å²) < 4.78 is 10.6. The fraction of sp³-hybridized carbons (Fsp3) is 0.200. The zero-order chi connectivity index (χ0) is 19.4. The summed E-state index contributed by atoms with van der Waals surface area (Å²) >= 11 is 1.16. The molecule has 140 valence electrons. The highest BCUT2D eigenvalue weighted by Gasteiger charge is 2.41. The maximum atomic E-state index is 13.2. The summed E-state index contributed by atoms with van der Waals surface area (Å²) in [5.41, 5.74) is 1.25. The molecule has 6 nitrogen and oxygen atoms in total. The molecule has 1 heterocycles. The van der Waals surface area contributed by atoms with Crippen LogP contribution < -0.4 is 14.4 Å². The molecule has 7 heteroatoms. The number of carbonyl (C=O) groups excluding carboxylic acids is 2. The van der Waals surface area contributed by atoms with Gasteiger partial charge in [0.05, 0.1) is 37.0 Å². The number of carbonyl (C=O) groups is 2. The van der Waals surface area contributed by atoms with Gasteiger partial charge in [-0.25, -0.2) is 4.90 Å². The number of amides is 2. The number of rotatable bonds is 7. The Bertz CT molecular complexity index is 909. The molecule has 1 aliphatic rings. The second-order valence-electron chi connectivity index (χ2n) is 5.62. The monoisotopic (exact) mass is 385 g/mol. The average molecular weight is 385 g/mol. The first kappa shape index (κ1) is 19.0. The van der Waals surface area contributed by atoms with Gasteiger partial charge >= 0.3 is 0 Å². The van der Waals surface area contributed by atoms with Crippen LogP contribution in [0.3, 0.4) is 0 Å². The predicted octanol–water partition coefficient (Wildman–Crippen LogP) is 2.71. The lowest BCUT2D eigenvalue weighted by atomic mass is 10.0. The largest absolute Gasteiger partial charge is 0.497 e. The van der Waals surface area contributed by atoms with Crippen LogP contribution in [-0.2, 0) is 9.59 Å². The first-order valence-corrected chi connectivity index (χ1v) is 9.25. The van der Waals surface area contributed by atoms with Gasteiger partial charge in [-0.1, -0.05) is 24.3 Å². The number of ether oxygens (including phenoxy) is 2. The van der Waals surface area contributed by atoms with Crippen molar-refractivity contribution in [1.29, 1.82) is 0 Å². The number of para-hydroxylation sites is 1. The highest BCUT2D eigenvalue weighted by atomic mass is 32.2. The van der Waals surface area contributed by atoms with Crippen LogP contribution in [0.5, 0.6) is 11.5 Å². The number of aliphatic hydroxyl groups excluding tert-OH is 1. The molecule has 0 radical (unpaired) electrons. The maximum absolute atomic E-state index is 13.2. The van der Waals surface area contributed by atoms with Crippen LogP contribution >= 0.6 is 11.8 Å². The second-order valence-corrected chi connectivity index (χ2v) is 6.73. The summed E-state index contributed by atoms with van der Waals surface area (Å²) in [7, 11) is 3.04. The summed E-state index contributed by atoms with van der Waals surface area (Å²) in [5, 5.41) is 9.19. The first-order chi connectivity index (χ1) is 13.1. The minimum Gasteiger partial charge on any atom is -0.497 e. The van der Waals surface area contributed by atoms with E-state index in [2.05, 4.69) is 0 Å². The van der Waals surface area contributed by atoms with Gasteiger partial charge in [0.15, 0.2) is 0 Å². The molecule has 27 heavy (non-hydrogen) atoms. The van der Waals surface area contributed by atoms with E-state index in [-0.39, 0.29) is 12.2 Å². The van der Waals surface area contributed by atoms with Crippen molar-refractivity contribution in [1.82, 2.24) is 0 Å². The number of anilines is 1. The van der Waals surface area contributed by atoms with Gasteiger partial charge in [-0.15, -0.1) is 11.8 Å². The molecule has 0 saturated carbocycles. The molecule has 0 saturated heterocycles. The average Bonchev–Trinajstić information content (AvgIpc) is 2.95. The molecule has 0 fully saturated rings. The summed E-state index contributed by atoms with van der Waals surface area (Å²) in [6, 6.07) is 13.8. The summed E-state index contributed by atoms with van der Waals surface area (Å²) in [5.74, 6) is 0.497. The molecule has 0 aromatic heterocycles. The lowest BCUT2D eigenvalue weighted by Crippen LogP contribution is -2.31. The van der Waals surface area contributed by atoms with Gasteiger partial charge in [-0.05, 0) is 18.2 Å². The third kappa shape index (κ3) is 3.56. The van der Waals surface area contributed by atoms with E-state index in [0.29, 0.717) is 33.4 Å². The fourth-order valence-corrected chi connectivity index (χ4v) is 3.72. The number of nitrogens with zero attached hydrogens (tertiary/aromatic N) is 1. The molecule has 1 aliphatic heterocycles. The SMILES string of the molecule is COc1cccc(N2C(=O)C(SCCO)=C(c3ccccc3OC)C2=O)c1. The quantitative estimate of drug-likeness (QED) is 0.739. The number of imide groups is 1. The van der Waals surface area contributed by atoms with Gasteiger partial charge in [-0.3, -0.25) is 9.59 Å². The Hall–Kier alpha value is -2.77. The molecule has 0 aliphatic carbocycles. The van der Waals surface area contributed by atoms with E-state index in [4.69, 9.17) is 9.47 Å². The van der Waals surface area contributed by atoms with Crippen LogP contribution in [0.1, 0.15) is 5.56 Å². The van der Waals surface area contributed by atoms with Gasteiger partial charge in [0, 0.05) is 17.4 Å². The van der Waals surface area contributed by atoms with Gasteiger partial charge in [-0.2, -0.15) is 0 Å². The van der Waals surface area contributed by atoms with Gasteiger partial charge in [0.1, 0.15) is 11.5 Å². The van der Waals surface area contributed by atoms with E-state index in [0.717, 1.165) is 16.7 Å². The standard InChI is InChI=1S/C20H19NO5S/c1-25-14-7-5-6-13(12-14)21-19(23)17(18(20(21)24)27-11-10-22)15-8-3-4-9-16(15)26-2/h3-9,12,22H,10-11H2,1-2H3. The van der Waals surface area contributed by atoms with Crippen molar-refractivity contribution in [2.24, 2.45) is 0 Å². The third-order valence-electron chi connectivity index (χ3n) is 4.07. The van der Waals surface area contributed by atoms with Crippen LogP contribution in [0.2, 0.25) is 0 Å². The summed E-state index contributed by atoms with van der Waals surface area (Å²) in [6.45, 7) is -0.103. The van der Waals surface area contributed by atoms with E-state index in [1.54, 1.807) is 48.5 Å². The maximum Gasteiger partial charge on any atom is 0.272 e. The zero-order valence-corrected chi connectivity index (χ0v) is 15.8. The van der Waals surface area contributed by atoms with Crippen LogP contribution in [0, 0.1) is 0 Å². The Labute approximate surface area is 161 Å². The molecule has 0 bridgehead atoms. The molecule has 2 aromatic rings. The molecular weight excluding hydrogens is 366 g/mol. The number of benzene rings is 2. The van der Waals surface area contributed by atoms with Gasteiger partial charge in [0.2, 0.25) is 0 Å². The smallest absolute Gasteiger partial charge is 0.272 e. The minimum atomic E-state index is -0.432. The summed E-state index contributed by atoms with van der Waals surface area (Å²) in [4.78, 5) is 27.7. The zero-order valence-electron chi connectivity index (χ0n) is 15.0. The second kappa shape index (κ2) is 8.28. The predicted molar refractivity (Wildman–Crippen MR) is 105 cm³/mol. The van der Waals surface area contributed by atoms with Crippen molar-refractivity contribution in [2.75, 3.05) is 31.5 Å². The van der Waals surface area contributed by atoms with Crippen molar-refractivity contribution >= 4 is 34.8 Å². The third-order valence-corrected chi connectivity index (χ3v) is 5.12. The molecule has 0 unspecified atom stereocenters. The van der Waals surface area contributed by atoms with Crippen molar-refractivity contribution in [2.45, 2.75) is 0 Å². The van der Waals surface area contributed by atoms with Gasteiger partial charge < -0.3 is 14.6 Å². The molecule has 3 rings (SSSR count). The van der Waals surface area contributed by atoms with Crippen LogP contribution in [0.4, 0.5) is 5.69 Å². The van der Waals surface area contributed by atoms with E-state index >= 15 is 0 Å². The lowest BCUT2D eigenvalue weighted by molar-refractivity contribution is -0.119. The fourth-order valence-electron chi connectivity index (χ4n) is 2.86. The Morgan fingerprint density at radius 2 is 1.78 bits per heavy atom. The van der Waals surface area contributed by atoms with Crippen LogP contribution in [-0.4, -0.2) is 43.5 Å². The lowest BCUT2D eigenvalue weighted by Gasteiger charge is -2.16. The number of aliphatic hydroxyl groups is 1. The number of methoxy groups -OCH3 is 2. The summed E-state index contributed by atoms with van der Waals surface area (Å²) in [6.07, 6.45) is 0. The Morgan fingerprint density at radius 1 is 1.00 bits per heavy atom. The van der Waals surface area contributed by atoms with Crippen molar-refractivity contribution in [3.8, 4) is 11.5 Å². The molecule has 0 atom stereocenters. The minimum absolute atomic E-state index is 0.103. The molecular formula is C20H19NO5S. The molecule has 2 aromatic carbocycles. The van der Waals surface area contributed by atoms with E-state index in [9.17, 15) is 14.7 Å². The first-order valence-electron chi connectivity index (χ1n) is 8.26. The van der Waals surface area contributed by atoms with Crippen molar-refractivity contribution in [3.63, 3.8) is 0 Å². The number of hydrogen-bond acceptors (Lipinski definition) is 6.